The molecule has 1 aliphatic heterocycles. The monoisotopic (exact) mass is 329 g/mol. The lowest BCUT2D eigenvalue weighted by atomic mass is 9.88. The summed E-state index contributed by atoms with van der Waals surface area (Å²) >= 11 is 4.94. The first-order chi connectivity index (χ1) is 8.41. The third-order valence-electron chi connectivity index (χ3n) is 3.39. The maximum absolute atomic E-state index is 12.3. The Morgan fingerprint density at radius 3 is 2.89 bits per heavy atom. The Morgan fingerprint density at radius 1 is 1.56 bits per heavy atom. The number of Topliss-reactive ketones (excluding diaryl/α,β-unsaturated/α-hetero) is 1. The number of halogens is 1. The Balaban J connectivity index is 2.10. The number of thiophene rings is 1. The van der Waals surface area contributed by atoms with Crippen LogP contribution in [0.25, 0.3) is 0 Å². The highest BCUT2D eigenvalue weighted by Crippen LogP contribution is 2.26. The van der Waals surface area contributed by atoms with Crippen LogP contribution in [0.5, 0.6) is 0 Å². The summed E-state index contributed by atoms with van der Waals surface area (Å²) in [6.45, 7) is 4.37. The standard InChI is InChI=1S/C13H16BrNO2S/c1-13(2)11(16)4-3-5-15(13)12(17)7-10-6-9(14)8-18-10/h6,8H,3-5,7H2,1-2H3. The van der Waals surface area contributed by atoms with E-state index in [0.29, 0.717) is 19.4 Å². The van der Waals surface area contributed by atoms with Crippen LogP contribution >= 0.6 is 27.3 Å². The molecule has 0 spiro atoms. The summed E-state index contributed by atoms with van der Waals surface area (Å²) in [6.07, 6.45) is 1.75. The molecule has 0 atom stereocenters. The highest BCUT2D eigenvalue weighted by Gasteiger charge is 2.39. The highest BCUT2D eigenvalue weighted by atomic mass is 79.9. The van der Waals surface area contributed by atoms with E-state index in [9.17, 15) is 9.59 Å². The predicted octanol–water partition coefficient (Wildman–Crippen LogP) is 3.02. The molecule has 1 amide bonds. The molecule has 5 heteroatoms. The van der Waals surface area contributed by atoms with Gasteiger partial charge < -0.3 is 4.90 Å². The van der Waals surface area contributed by atoms with Gasteiger partial charge in [-0.1, -0.05) is 0 Å². The molecule has 18 heavy (non-hydrogen) atoms. The lowest BCUT2D eigenvalue weighted by Crippen LogP contribution is -2.56. The predicted molar refractivity (Wildman–Crippen MR) is 75.8 cm³/mol. The first-order valence-corrected chi connectivity index (χ1v) is 7.65. The maximum Gasteiger partial charge on any atom is 0.228 e. The minimum Gasteiger partial charge on any atom is -0.330 e. The van der Waals surface area contributed by atoms with Gasteiger partial charge in [-0.15, -0.1) is 11.3 Å². The van der Waals surface area contributed by atoms with Crippen molar-refractivity contribution in [1.82, 2.24) is 4.90 Å². The van der Waals surface area contributed by atoms with Crippen molar-refractivity contribution >= 4 is 39.0 Å². The lowest BCUT2D eigenvalue weighted by molar-refractivity contribution is -0.147. The van der Waals surface area contributed by atoms with Crippen LogP contribution in [0, 0.1) is 0 Å². The number of rotatable bonds is 2. The van der Waals surface area contributed by atoms with Crippen molar-refractivity contribution in [3.63, 3.8) is 0 Å². The van der Waals surface area contributed by atoms with Gasteiger partial charge in [0.25, 0.3) is 0 Å². The molecule has 0 aliphatic carbocycles. The number of piperidine rings is 1. The molecule has 98 valence electrons. The zero-order valence-electron chi connectivity index (χ0n) is 10.5. The molecule has 0 N–H and O–H groups in total. The molecule has 1 saturated heterocycles. The van der Waals surface area contributed by atoms with Crippen LogP contribution in [0.2, 0.25) is 0 Å². The summed E-state index contributed by atoms with van der Waals surface area (Å²) in [6, 6.07) is 1.96. The zero-order chi connectivity index (χ0) is 13.3. The maximum atomic E-state index is 12.3. The van der Waals surface area contributed by atoms with Crippen LogP contribution in [-0.2, 0) is 16.0 Å². The van der Waals surface area contributed by atoms with E-state index >= 15 is 0 Å². The first kappa shape index (κ1) is 13.7. The van der Waals surface area contributed by atoms with Gasteiger partial charge in [0.05, 0.1) is 12.0 Å². The number of carbonyl (C=O) groups excluding carboxylic acids is 2. The number of ketones is 1. The van der Waals surface area contributed by atoms with Gasteiger partial charge in [-0.2, -0.15) is 0 Å². The third-order valence-corrected chi connectivity index (χ3v) is 5.09. The van der Waals surface area contributed by atoms with E-state index in [1.54, 1.807) is 16.2 Å². The van der Waals surface area contributed by atoms with E-state index in [4.69, 9.17) is 0 Å². The minimum absolute atomic E-state index is 0.0439. The van der Waals surface area contributed by atoms with Crippen molar-refractivity contribution in [2.24, 2.45) is 0 Å². The molecule has 2 rings (SSSR count). The smallest absolute Gasteiger partial charge is 0.228 e. The molecular formula is C13H16BrNO2S. The molecule has 0 unspecified atom stereocenters. The van der Waals surface area contributed by atoms with E-state index in [2.05, 4.69) is 15.9 Å². The number of carbonyl (C=O) groups is 2. The largest absolute Gasteiger partial charge is 0.330 e. The molecule has 1 fully saturated rings. The van der Waals surface area contributed by atoms with Gasteiger partial charge in [0, 0.05) is 27.7 Å². The van der Waals surface area contributed by atoms with Crippen molar-refractivity contribution in [3.8, 4) is 0 Å². The van der Waals surface area contributed by atoms with Crippen molar-refractivity contribution in [2.75, 3.05) is 6.54 Å². The lowest BCUT2D eigenvalue weighted by Gasteiger charge is -2.41. The fourth-order valence-corrected chi connectivity index (χ4v) is 3.70. The Hall–Kier alpha value is -0.680. The Kier molecular flexibility index (Phi) is 3.92. The van der Waals surface area contributed by atoms with Crippen LogP contribution < -0.4 is 0 Å². The van der Waals surface area contributed by atoms with Crippen LogP contribution in [-0.4, -0.2) is 28.7 Å². The molecule has 1 aromatic rings. The fourth-order valence-electron chi connectivity index (χ4n) is 2.26. The highest BCUT2D eigenvalue weighted by molar-refractivity contribution is 9.10. The first-order valence-electron chi connectivity index (χ1n) is 5.98. The van der Waals surface area contributed by atoms with E-state index in [-0.39, 0.29) is 11.7 Å². The summed E-state index contributed by atoms with van der Waals surface area (Å²) in [7, 11) is 0. The Labute approximate surface area is 119 Å². The summed E-state index contributed by atoms with van der Waals surface area (Å²) in [5.74, 6) is 0.205. The van der Waals surface area contributed by atoms with Crippen molar-refractivity contribution in [1.29, 1.82) is 0 Å². The van der Waals surface area contributed by atoms with Crippen LogP contribution in [0.15, 0.2) is 15.9 Å². The molecule has 2 heterocycles. The molecule has 0 radical (unpaired) electrons. The quantitative estimate of drug-likeness (QED) is 0.836. The zero-order valence-corrected chi connectivity index (χ0v) is 12.9. The Bertz CT molecular complexity index is 481. The number of amides is 1. The van der Waals surface area contributed by atoms with Gasteiger partial charge in [-0.3, -0.25) is 9.59 Å². The Morgan fingerprint density at radius 2 is 2.28 bits per heavy atom. The van der Waals surface area contributed by atoms with Gasteiger partial charge in [-0.05, 0) is 42.3 Å². The minimum atomic E-state index is -0.649. The number of hydrogen-bond donors (Lipinski definition) is 0. The van der Waals surface area contributed by atoms with Gasteiger partial charge in [0.1, 0.15) is 0 Å². The molecule has 3 nitrogen and oxygen atoms in total. The van der Waals surface area contributed by atoms with Gasteiger partial charge in [0.15, 0.2) is 5.78 Å². The van der Waals surface area contributed by atoms with Gasteiger partial charge in [0.2, 0.25) is 5.91 Å². The van der Waals surface area contributed by atoms with Gasteiger partial charge >= 0.3 is 0 Å². The number of nitrogens with zero attached hydrogens (tertiary/aromatic N) is 1. The van der Waals surface area contributed by atoms with Crippen molar-refractivity contribution in [3.05, 3.63) is 20.8 Å². The van der Waals surface area contributed by atoms with Crippen LogP contribution in [0.3, 0.4) is 0 Å². The van der Waals surface area contributed by atoms with Crippen LogP contribution in [0.1, 0.15) is 31.6 Å². The second kappa shape index (κ2) is 5.13. The molecule has 0 saturated carbocycles. The average Bonchev–Trinajstić information content (AvgIpc) is 2.67. The molecule has 1 aromatic heterocycles. The normalized spacial score (nSPS) is 19.1. The number of hydrogen-bond acceptors (Lipinski definition) is 3. The van der Waals surface area contributed by atoms with E-state index in [1.807, 2.05) is 25.3 Å². The van der Waals surface area contributed by atoms with E-state index < -0.39 is 5.54 Å². The van der Waals surface area contributed by atoms with Crippen molar-refractivity contribution in [2.45, 2.75) is 38.6 Å². The summed E-state index contributed by atoms with van der Waals surface area (Å²) < 4.78 is 1.00. The van der Waals surface area contributed by atoms with E-state index in [1.165, 1.54) is 0 Å². The molecule has 1 aliphatic rings. The van der Waals surface area contributed by atoms with Crippen LogP contribution in [0.4, 0.5) is 0 Å². The molecular weight excluding hydrogens is 314 g/mol. The van der Waals surface area contributed by atoms with Crippen molar-refractivity contribution < 1.29 is 9.59 Å². The second-order valence-electron chi connectivity index (χ2n) is 5.04. The molecule has 0 bridgehead atoms. The third kappa shape index (κ3) is 2.67. The second-order valence-corrected chi connectivity index (χ2v) is 6.95. The molecule has 0 aromatic carbocycles. The summed E-state index contributed by atoms with van der Waals surface area (Å²) in [4.78, 5) is 26.9. The van der Waals surface area contributed by atoms with Gasteiger partial charge in [-0.25, -0.2) is 0 Å². The topological polar surface area (TPSA) is 37.4 Å². The summed E-state index contributed by atoms with van der Waals surface area (Å²) in [5, 5.41) is 1.97. The summed E-state index contributed by atoms with van der Waals surface area (Å²) in [5.41, 5.74) is -0.649. The average molecular weight is 330 g/mol. The SMILES string of the molecule is CC1(C)C(=O)CCCN1C(=O)Cc1cc(Br)cs1. The van der Waals surface area contributed by atoms with E-state index in [0.717, 1.165) is 15.8 Å². The number of likely N-dealkylation sites (tertiary alicyclic amines) is 1. The fraction of sp³-hybridized carbons (Fsp3) is 0.538.